The van der Waals surface area contributed by atoms with Crippen LogP contribution in [0.5, 0.6) is 11.5 Å². The van der Waals surface area contributed by atoms with Gasteiger partial charge in [-0.2, -0.15) is 0 Å². The van der Waals surface area contributed by atoms with Crippen LogP contribution >= 0.6 is 0 Å². The van der Waals surface area contributed by atoms with E-state index in [0.29, 0.717) is 17.7 Å². The molecule has 1 N–H and O–H groups in total. The lowest BCUT2D eigenvalue weighted by molar-refractivity contribution is -0.0529. The van der Waals surface area contributed by atoms with E-state index >= 15 is 0 Å². The summed E-state index contributed by atoms with van der Waals surface area (Å²) < 4.78 is 21.5. The van der Waals surface area contributed by atoms with Crippen molar-refractivity contribution < 1.29 is 28.8 Å². The number of rotatable bonds is 8. The highest BCUT2D eigenvalue weighted by Gasteiger charge is 2.39. The van der Waals surface area contributed by atoms with Crippen LogP contribution in [0.1, 0.15) is 54.6 Å². The zero-order valence-electron chi connectivity index (χ0n) is 13.8. The van der Waals surface area contributed by atoms with Gasteiger partial charge in [0.15, 0.2) is 6.79 Å². The molecule has 23 heavy (non-hydrogen) atoms. The minimum atomic E-state index is -0.546. The molecule has 0 spiro atoms. The Hall–Kier alpha value is -1.79. The third-order valence-corrected chi connectivity index (χ3v) is 3.95. The van der Waals surface area contributed by atoms with E-state index in [1.54, 1.807) is 13.2 Å². The van der Waals surface area contributed by atoms with Gasteiger partial charge < -0.3 is 24.1 Å². The second kappa shape index (κ2) is 8.17. The summed E-state index contributed by atoms with van der Waals surface area (Å²) >= 11 is 0. The predicted octanol–water partition coefficient (Wildman–Crippen LogP) is 3.18. The molecular weight excluding hydrogens is 300 g/mol. The third-order valence-electron chi connectivity index (χ3n) is 3.95. The van der Waals surface area contributed by atoms with Crippen molar-refractivity contribution in [2.75, 3.05) is 21.0 Å². The molecule has 6 heteroatoms. The van der Waals surface area contributed by atoms with Crippen molar-refractivity contribution in [1.82, 2.24) is 0 Å². The molecule has 0 aliphatic carbocycles. The smallest absolute Gasteiger partial charge is 0.342 e. The SMILES string of the molecule is CCCCC[C@@H]1OC(=O)c2c(O)ccc(OCOC)c2[C@@H]1OC. The summed E-state index contributed by atoms with van der Waals surface area (Å²) in [5.41, 5.74) is 0.638. The van der Waals surface area contributed by atoms with E-state index in [1.165, 1.54) is 13.2 Å². The Balaban J connectivity index is 2.37. The van der Waals surface area contributed by atoms with Crippen LogP contribution in [0.4, 0.5) is 0 Å². The van der Waals surface area contributed by atoms with Gasteiger partial charge in [-0.05, 0) is 25.0 Å². The number of aromatic hydroxyl groups is 1. The summed E-state index contributed by atoms with van der Waals surface area (Å²) in [6.45, 7) is 2.16. The molecule has 1 aliphatic heterocycles. The van der Waals surface area contributed by atoms with E-state index in [-0.39, 0.29) is 18.1 Å². The fraction of sp³-hybridized carbons (Fsp3) is 0.588. The van der Waals surface area contributed by atoms with Crippen LogP contribution < -0.4 is 4.74 Å². The second-order valence-corrected chi connectivity index (χ2v) is 5.52. The Morgan fingerprint density at radius 2 is 2.04 bits per heavy atom. The van der Waals surface area contributed by atoms with Gasteiger partial charge in [0.1, 0.15) is 29.3 Å². The Morgan fingerprint density at radius 3 is 2.70 bits per heavy atom. The van der Waals surface area contributed by atoms with Crippen molar-refractivity contribution in [2.24, 2.45) is 0 Å². The number of fused-ring (bicyclic) bond motifs is 1. The molecule has 6 nitrogen and oxygen atoms in total. The number of hydrogen-bond donors (Lipinski definition) is 1. The van der Waals surface area contributed by atoms with Gasteiger partial charge in [0.2, 0.25) is 0 Å². The molecule has 0 unspecified atom stereocenters. The first-order chi connectivity index (χ1) is 11.1. The van der Waals surface area contributed by atoms with Crippen LogP contribution in [0.2, 0.25) is 0 Å². The number of ether oxygens (including phenoxy) is 4. The number of phenolic OH excluding ortho intramolecular Hbond substituents is 1. The number of hydrogen-bond acceptors (Lipinski definition) is 6. The second-order valence-electron chi connectivity index (χ2n) is 5.52. The van der Waals surface area contributed by atoms with Gasteiger partial charge in [0.05, 0.1) is 0 Å². The molecule has 1 aromatic rings. The van der Waals surface area contributed by atoms with Gasteiger partial charge in [-0.25, -0.2) is 4.79 Å². The number of esters is 1. The predicted molar refractivity (Wildman–Crippen MR) is 83.7 cm³/mol. The molecule has 0 aromatic heterocycles. The summed E-state index contributed by atoms with van der Waals surface area (Å²) in [7, 11) is 3.08. The van der Waals surface area contributed by atoms with Gasteiger partial charge >= 0.3 is 5.97 Å². The maximum atomic E-state index is 12.3. The molecule has 0 bridgehead atoms. The lowest BCUT2D eigenvalue weighted by atomic mass is 9.91. The monoisotopic (exact) mass is 324 g/mol. The van der Waals surface area contributed by atoms with E-state index < -0.39 is 18.2 Å². The molecule has 0 fully saturated rings. The van der Waals surface area contributed by atoms with E-state index in [2.05, 4.69) is 6.92 Å². The number of methoxy groups -OCH3 is 2. The van der Waals surface area contributed by atoms with E-state index in [0.717, 1.165) is 19.3 Å². The van der Waals surface area contributed by atoms with Gasteiger partial charge in [-0.15, -0.1) is 0 Å². The quantitative estimate of drug-likeness (QED) is 0.450. The summed E-state index contributed by atoms with van der Waals surface area (Å²) in [5.74, 6) is -0.220. The number of carbonyl (C=O) groups excluding carboxylic acids is 1. The van der Waals surface area contributed by atoms with Crippen LogP contribution in [0.15, 0.2) is 12.1 Å². The zero-order chi connectivity index (χ0) is 16.8. The molecule has 0 saturated carbocycles. The van der Waals surface area contributed by atoms with E-state index in [1.807, 2.05) is 0 Å². The first-order valence-electron chi connectivity index (χ1n) is 7.85. The van der Waals surface area contributed by atoms with Crippen molar-refractivity contribution in [3.05, 3.63) is 23.3 Å². The molecule has 0 radical (unpaired) electrons. The summed E-state index contributed by atoms with van der Waals surface area (Å²) in [5, 5.41) is 10.0. The topological polar surface area (TPSA) is 74.2 Å². The van der Waals surface area contributed by atoms with Crippen LogP contribution in [0, 0.1) is 0 Å². The van der Waals surface area contributed by atoms with Gasteiger partial charge in [0.25, 0.3) is 0 Å². The molecule has 0 amide bonds. The van der Waals surface area contributed by atoms with Crippen molar-refractivity contribution in [3.63, 3.8) is 0 Å². The number of benzene rings is 1. The number of phenols is 1. The highest BCUT2D eigenvalue weighted by molar-refractivity contribution is 5.96. The molecule has 1 heterocycles. The van der Waals surface area contributed by atoms with Gasteiger partial charge in [-0.1, -0.05) is 19.8 Å². The van der Waals surface area contributed by atoms with Crippen molar-refractivity contribution in [1.29, 1.82) is 0 Å². The summed E-state index contributed by atoms with van der Waals surface area (Å²) in [6, 6.07) is 3.02. The lowest BCUT2D eigenvalue weighted by Gasteiger charge is -2.33. The first-order valence-corrected chi connectivity index (χ1v) is 7.85. The molecule has 1 aromatic carbocycles. The highest BCUT2D eigenvalue weighted by Crippen LogP contribution is 2.43. The van der Waals surface area contributed by atoms with Crippen molar-refractivity contribution in [3.8, 4) is 11.5 Å². The molecule has 0 saturated heterocycles. The average Bonchev–Trinajstić information content (AvgIpc) is 2.54. The van der Waals surface area contributed by atoms with Crippen LogP contribution in [0.3, 0.4) is 0 Å². The van der Waals surface area contributed by atoms with E-state index in [9.17, 15) is 9.90 Å². The molecule has 2 rings (SSSR count). The number of cyclic esters (lactones) is 1. The molecule has 1 aliphatic rings. The Labute approximate surface area is 136 Å². The molecule has 2 atom stereocenters. The largest absolute Gasteiger partial charge is 0.507 e. The lowest BCUT2D eigenvalue weighted by Crippen LogP contribution is -2.34. The van der Waals surface area contributed by atoms with E-state index in [4.69, 9.17) is 18.9 Å². The van der Waals surface area contributed by atoms with Crippen molar-refractivity contribution >= 4 is 5.97 Å². The molecule has 128 valence electrons. The third kappa shape index (κ3) is 3.76. The Bertz CT molecular complexity index is 542. The molecular formula is C17H24O6. The fourth-order valence-electron chi connectivity index (χ4n) is 2.85. The summed E-state index contributed by atoms with van der Waals surface area (Å²) in [6.07, 6.45) is 2.92. The standard InChI is InChI=1S/C17H24O6/c1-4-5-6-7-13-16(21-3)15-12(22-10-20-2)9-8-11(18)14(15)17(19)23-13/h8-9,13,16,18H,4-7,10H2,1-3H3/t13-,16+/m0/s1. The fourth-order valence-corrected chi connectivity index (χ4v) is 2.85. The Kier molecular flexibility index (Phi) is 6.24. The normalized spacial score (nSPS) is 20.0. The zero-order valence-corrected chi connectivity index (χ0v) is 13.8. The van der Waals surface area contributed by atoms with Crippen LogP contribution in [-0.4, -0.2) is 38.2 Å². The summed E-state index contributed by atoms with van der Waals surface area (Å²) in [4.78, 5) is 12.3. The van der Waals surface area contributed by atoms with Crippen molar-refractivity contribution in [2.45, 2.75) is 44.8 Å². The van der Waals surface area contributed by atoms with Crippen LogP contribution in [-0.2, 0) is 14.2 Å². The average molecular weight is 324 g/mol. The highest BCUT2D eigenvalue weighted by atomic mass is 16.7. The van der Waals surface area contributed by atoms with Crippen LogP contribution in [0.25, 0.3) is 0 Å². The maximum Gasteiger partial charge on any atom is 0.342 e. The number of carbonyl (C=O) groups is 1. The minimum absolute atomic E-state index is 0.0448. The minimum Gasteiger partial charge on any atom is -0.507 e. The maximum absolute atomic E-state index is 12.3. The van der Waals surface area contributed by atoms with Gasteiger partial charge in [-0.3, -0.25) is 0 Å². The van der Waals surface area contributed by atoms with Gasteiger partial charge in [0, 0.05) is 19.8 Å². The first kappa shape index (κ1) is 17.6. The number of unbranched alkanes of at least 4 members (excludes halogenated alkanes) is 2. The Morgan fingerprint density at radius 1 is 1.26 bits per heavy atom.